The van der Waals surface area contributed by atoms with Gasteiger partial charge >= 0.3 is 0 Å². The van der Waals surface area contributed by atoms with E-state index in [1.807, 2.05) is 0 Å². The summed E-state index contributed by atoms with van der Waals surface area (Å²) in [5.74, 6) is 2.50. The Balaban J connectivity index is 1.76. The van der Waals surface area contributed by atoms with Gasteiger partial charge in [0, 0.05) is 13.1 Å². The molecule has 20 heavy (non-hydrogen) atoms. The average Bonchev–Trinajstić information content (AvgIpc) is 2.71. The van der Waals surface area contributed by atoms with Crippen LogP contribution in [-0.4, -0.2) is 26.2 Å². The van der Waals surface area contributed by atoms with Crippen molar-refractivity contribution in [3.63, 3.8) is 0 Å². The molecule has 2 aliphatic rings. The van der Waals surface area contributed by atoms with Crippen molar-refractivity contribution in [2.75, 3.05) is 31.1 Å². The molecule has 2 unspecified atom stereocenters. The Morgan fingerprint density at radius 1 is 1.10 bits per heavy atom. The quantitative estimate of drug-likeness (QED) is 0.920. The summed E-state index contributed by atoms with van der Waals surface area (Å²) in [6.45, 7) is 3.92. The van der Waals surface area contributed by atoms with Gasteiger partial charge in [0.2, 0.25) is 0 Å². The van der Waals surface area contributed by atoms with E-state index in [0.29, 0.717) is 5.92 Å². The highest BCUT2D eigenvalue weighted by atomic mass is 16.5. The van der Waals surface area contributed by atoms with Gasteiger partial charge in [-0.25, -0.2) is 0 Å². The van der Waals surface area contributed by atoms with Crippen LogP contribution in [0.15, 0.2) is 24.3 Å². The molecule has 3 heteroatoms. The number of benzene rings is 1. The third-order valence-electron chi connectivity index (χ3n) is 4.86. The minimum Gasteiger partial charge on any atom is -0.491 e. The fourth-order valence-corrected chi connectivity index (χ4v) is 3.71. The molecule has 0 amide bonds. The maximum Gasteiger partial charge on any atom is 0.142 e. The third kappa shape index (κ3) is 2.93. The number of hydrogen-bond donors (Lipinski definition) is 1. The van der Waals surface area contributed by atoms with Crippen molar-refractivity contribution in [2.24, 2.45) is 17.6 Å². The van der Waals surface area contributed by atoms with Gasteiger partial charge in [-0.15, -0.1) is 0 Å². The highest BCUT2D eigenvalue weighted by molar-refractivity contribution is 5.59. The Labute approximate surface area is 122 Å². The van der Waals surface area contributed by atoms with E-state index in [4.69, 9.17) is 10.5 Å². The number of anilines is 1. The Hall–Kier alpha value is -1.22. The third-order valence-corrected chi connectivity index (χ3v) is 4.86. The van der Waals surface area contributed by atoms with E-state index in [1.165, 1.54) is 31.4 Å². The lowest BCUT2D eigenvalue weighted by Crippen LogP contribution is -2.37. The fourth-order valence-electron chi connectivity index (χ4n) is 3.71. The number of nitrogens with zero attached hydrogens (tertiary/aromatic N) is 1. The topological polar surface area (TPSA) is 38.5 Å². The predicted molar refractivity (Wildman–Crippen MR) is 83.3 cm³/mol. The smallest absolute Gasteiger partial charge is 0.142 e. The van der Waals surface area contributed by atoms with Gasteiger partial charge in [-0.1, -0.05) is 25.0 Å². The van der Waals surface area contributed by atoms with Crippen molar-refractivity contribution < 1.29 is 4.74 Å². The minimum atomic E-state index is 0.708. The molecule has 1 aromatic carbocycles. The second-order valence-corrected chi connectivity index (χ2v) is 6.16. The molecule has 0 saturated heterocycles. The summed E-state index contributed by atoms with van der Waals surface area (Å²) in [5.41, 5.74) is 7.25. The average molecular weight is 274 g/mol. The van der Waals surface area contributed by atoms with Crippen LogP contribution in [-0.2, 0) is 0 Å². The number of fused-ring (bicyclic) bond motifs is 1. The lowest BCUT2D eigenvalue weighted by Gasteiger charge is -2.35. The van der Waals surface area contributed by atoms with Gasteiger partial charge in [-0.05, 0) is 49.8 Å². The summed E-state index contributed by atoms with van der Waals surface area (Å²) in [6.07, 6.45) is 6.48. The van der Waals surface area contributed by atoms with Crippen LogP contribution >= 0.6 is 0 Å². The summed E-state index contributed by atoms with van der Waals surface area (Å²) in [7, 11) is 0. The van der Waals surface area contributed by atoms with Gasteiger partial charge in [0.1, 0.15) is 5.75 Å². The number of hydrogen-bond acceptors (Lipinski definition) is 3. The summed E-state index contributed by atoms with van der Waals surface area (Å²) in [6, 6.07) is 8.46. The molecule has 0 radical (unpaired) electrons. The van der Waals surface area contributed by atoms with E-state index in [1.54, 1.807) is 0 Å². The molecule has 0 aromatic heterocycles. The molecule has 1 aliphatic heterocycles. The summed E-state index contributed by atoms with van der Waals surface area (Å²) >= 11 is 0. The highest BCUT2D eigenvalue weighted by Crippen LogP contribution is 2.35. The van der Waals surface area contributed by atoms with Crippen LogP contribution in [0.2, 0.25) is 0 Å². The van der Waals surface area contributed by atoms with Crippen LogP contribution in [0.3, 0.4) is 0 Å². The van der Waals surface area contributed by atoms with Gasteiger partial charge in [-0.3, -0.25) is 0 Å². The lowest BCUT2D eigenvalue weighted by atomic mass is 9.79. The van der Waals surface area contributed by atoms with E-state index in [9.17, 15) is 0 Å². The van der Waals surface area contributed by atoms with Crippen molar-refractivity contribution in [1.82, 2.24) is 0 Å². The van der Waals surface area contributed by atoms with Crippen molar-refractivity contribution in [3.05, 3.63) is 24.3 Å². The molecule has 1 aliphatic carbocycles. The van der Waals surface area contributed by atoms with Crippen LogP contribution in [0.5, 0.6) is 5.75 Å². The first-order valence-electron chi connectivity index (χ1n) is 8.05. The van der Waals surface area contributed by atoms with E-state index >= 15 is 0 Å². The molecule has 0 spiro atoms. The summed E-state index contributed by atoms with van der Waals surface area (Å²) in [5, 5.41) is 0. The number of para-hydroxylation sites is 2. The molecule has 3 nitrogen and oxygen atoms in total. The zero-order chi connectivity index (χ0) is 13.8. The van der Waals surface area contributed by atoms with Crippen LogP contribution in [0.4, 0.5) is 5.69 Å². The normalized spacial score (nSPS) is 26.6. The zero-order valence-electron chi connectivity index (χ0n) is 12.3. The van der Waals surface area contributed by atoms with Gasteiger partial charge in [0.25, 0.3) is 0 Å². The Bertz CT molecular complexity index is 435. The second-order valence-electron chi connectivity index (χ2n) is 6.16. The van der Waals surface area contributed by atoms with Crippen molar-refractivity contribution in [2.45, 2.75) is 32.1 Å². The first-order chi connectivity index (χ1) is 9.88. The molecule has 0 bridgehead atoms. The van der Waals surface area contributed by atoms with Gasteiger partial charge in [0.05, 0.1) is 12.3 Å². The first kappa shape index (κ1) is 13.7. The Kier molecular flexibility index (Phi) is 4.46. The molecule has 1 saturated carbocycles. The molecule has 110 valence electrons. The minimum absolute atomic E-state index is 0.708. The van der Waals surface area contributed by atoms with Crippen LogP contribution in [0.1, 0.15) is 32.1 Å². The molecule has 3 rings (SSSR count). The fraction of sp³-hybridized carbons (Fsp3) is 0.647. The molecular weight excluding hydrogens is 248 g/mol. The second kappa shape index (κ2) is 6.49. The van der Waals surface area contributed by atoms with Gasteiger partial charge in [0.15, 0.2) is 0 Å². The number of ether oxygens (including phenoxy) is 1. The zero-order valence-corrected chi connectivity index (χ0v) is 12.3. The molecule has 1 aromatic rings. The van der Waals surface area contributed by atoms with Gasteiger partial charge < -0.3 is 15.4 Å². The van der Waals surface area contributed by atoms with E-state index in [2.05, 4.69) is 29.2 Å². The van der Waals surface area contributed by atoms with Crippen molar-refractivity contribution in [1.29, 1.82) is 0 Å². The molecule has 2 N–H and O–H groups in total. The highest BCUT2D eigenvalue weighted by Gasteiger charge is 2.27. The predicted octanol–water partition coefficient (Wildman–Crippen LogP) is 3.04. The summed E-state index contributed by atoms with van der Waals surface area (Å²) in [4.78, 5) is 2.53. The first-order valence-corrected chi connectivity index (χ1v) is 8.05. The van der Waals surface area contributed by atoms with Crippen LogP contribution in [0.25, 0.3) is 0 Å². The van der Waals surface area contributed by atoms with Crippen LogP contribution < -0.4 is 15.4 Å². The Morgan fingerprint density at radius 3 is 2.75 bits per heavy atom. The van der Waals surface area contributed by atoms with E-state index < -0.39 is 0 Å². The monoisotopic (exact) mass is 274 g/mol. The molecule has 1 heterocycles. The van der Waals surface area contributed by atoms with Gasteiger partial charge in [-0.2, -0.15) is 0 Å². The SMILES string of the molecule is NCC1CCCCC1CN1CCCOc2ccccc21. The van der Waals surface area contributed by atoms with Crippen LogP contribution in [0, 0.1) is 11.8 Å². The van der Waals surface area contributed by atoms with E-state index in [0.717, 1.165) is 44.3 Å². The Morgan fingerprint density at radius 2 is 1.90 bits per heavy atom. The molecular formula is C17H26N2O. The number of nitrogens with two attached hydrogens (primary N) is 1. The molecule has 2 atom stereocenters. The lowest BCUT2D eigenvalue weighted by molar-refractivity contribution is 0.245. The molecule has 1 fully saturated rings. The standard InChI is InChI=1S/C17H26N2O/c18-12-14-6-1-2-7-15(14)13-19-10-5-11-20-17-9-4-3-8-16(17)19/h3-4,8-9,14-15H,1-2,5-7,10-13,18H2. The summed E-state index contributed by atoms with van der Waals surface area (Å²) < 4.78 is 5.85. The van der Waals surface area contributed by atoms with Crippen molar-refractivity contribution >= 4 is 5.69 Å². The maximum absolute atomic E-state index is 5.98. The van der Waals surface area contributed by atoms with E-state index in [-0.39, 0.29) is 0 Å². The maximum atomic E-state index is 5.98. The largest absolute Gasteiger partial charge is 0.491 e. The number of rotatable bonds is 3. The van der Waals surface area contributed by atoms with Crippen molar-refractivity contribution in [3.8, 4) is 5.75 Å².